The van der Waals surface area contributed by atoms with Gasteiger partial charge in [-0.1, -0.05) is 6.07 Å². The molecule has 4 nitrogen and oxygen atoms in total. The Morgan fingerprint density at radius 1 is 1.24 bits per heavy atom. The van der Waals surface area contributed by atoms with Crippen LogP contribution in [0.15, 0.2) is 32.8 Å². The third kappa shape index (κ3) is 1.91. The summed E-state index contributed by atoms with van der Waals surface area (Å²) in [5.41, 5.74) is 2.37. The number of nitrogens with zero attached hydrogens (tertiary/aromatic N) is 2. The van der Waals surface area contributed by atoms with Crippen molar-refractivity contribution >= 4 is 43.1 Å². The zero-order valence-corrected chi connectivity index (χ0v) is 13.0. The van der Waals surface area contributed by atoms with Crippen molar-refractivity contribution in [2.24, 2.45) is 0 Å². The Kier molecular flexibility index (Phi) is 2.70. The van der Waals surface area contributed by atoms with Gasteiger partial charge in [-0.25, -0.2) is 14.8 Å². The van der Waals surface area contributed by atoms with E-state index < -0.39 is 0 Å². The summed E-state index contributed by atoms with van der Waals surface area (Å²) in [5, 5.41) is 2.98. The molecule has 104 valence electrons. The van der Waals surface area contributed by atoms with E-state index >= 15 is 0 Å². The van der Waals surface area contributed by atoms with E-state index in [0.29, 0.717) is 16.1 Å². The van der Waals surface area contributed by atoms with Crippen molar-refractivity contribution in [3.05, 3.63) is 45.5 Å². The molecule has 0 spiro atoms. The number of hydrogen-bond donors (Lipinski definition) is 0. The van der Waals surface area contributed by atoms with Crippen molar-refractivity contribution in [2.75, 3.05) is 0 Å². The zero-order valence-electron chi connectivity index (χ0n) is 11.3. The van der Waals surface area contributed by atoms with Gasteiger partial charge in [-0.15, -0.1) is 22.7 Å². The third-order valence-corrected chi connectivity index (χ3v) is 5.25. The topological polar surface area (TPSA) is 56.0 Å². The highest BCUT2D eigenvalue weighted by atomic mass is 32.1. The molecule has 0 aliphatic rings. The van der Waals surface area contributed by atoms with Gasteiger partial charge < -0.3 is 4.42 Å². The van der Waals surface area contributed by atoms with Crippen molar-refractivity contribution in [2.45, 2.75) is 13.8 Å². The molecule has 0 bridgehead atoms. The molecule has 0 unspecified atom stereocenters. The fourth-order valence-corrected chi connectivity index (χ4v) is 4.17. The summed E-state index contributed by atoms with van der Waals surface area (Å²) in [5.74, 6) is 0.383. The van der Waals surface area contributed by atoms with E-state index in [1.54, 1.807) is 18.3 Å². The van der Waals surface area contributed by atoms with Crippen LogP contribution in [0.25, 0.3) is 31.0 Å². The smallest absolute Gasteiger partial charge is 0.357 e. The second-order valence-corrected chi connectivity index (χ2v) is 6.73. The van der Waals surface area contributed by atoms with E-state index in [1.807, 2.05) is 30.5 Å². The Hall–Kier alpha value is -2.05. The molecule has 4 aromatic heterocycles. The standard InChI is InChI=1S/C15H10N2O2S2/c1-7-6-9(10-4-3-5-20-10)17-14-11(7)12-13(21-14)15(18)19-8(2)16-12/h3-6H,1-2H3. The van der Waals surface area contributed by atoms with Crippen molar-refractivity contribution in [1.29, 1.82) is 0 Å². The molecule has 0 fully saturated rings. The molecular formula is C15H10N2O2S2. The summed E-state index contributed by atoms with van der Waals surface area (Å²) < 4.78 is 5.62. The minimum absolute atomic E-state index is 0.336. The van der Waals surface area contributed by atoms with Crippen molar-refractivity contribution < 1.29 is 4.42 Å². The van der Waals surface area contributed by atoms with Gasteiger partial charge in [0.2, 0.25) is 0 Å². The normalized spacial score (nSPS) is 11.5. The number of hydrogen-bond acceptors (Lipinski definition) is 6. The van der Waals surface area contributed by atoms with Crippen LogP contribution in [0, 0.1) is 13.8 Å². The molecule has 0 saturated carbocycles. The van der Waals surface area contributed by atoms with Crippen LogP contribution >= 0.6 is 22.7 Å². The van der Waals surface area contributed by atoms with Crippen LogP contribution in [-0.4, -0.2) is 9.97 Å². The van der Waals surface area contributed by atoms with E-state index in [1.165, 1.54) is 11.3 Å². The van der Waals surface area contributed by atoms with Gasteiger partial charge in [-0.3, -0.25) is 0 Å². The molecule has 0 aliphatic carbocycles. The molecule has 0 atom stereocenters. The van der Waals surface area contributed by atoms with E-state index in [-0.39, 0.29) is 5.63 Å². The lowest BCUT2D eigenvalue weighted by molar-refractivity contribution is 0.468. The second-order valence-electron chi connectivity index (χ2n) is 4.78. The predicted molar refractivity (Wildman–Crippen MR) is 86.2 cm³/mol. The molecule has 0 saturated heterocycles. The molecule has 0 amide bonds. The quantitative estimate of drug-likeness (QED) is 0.530. The maximum Gasteiger partial charge on any atom is 0.357 e. The van der Waals surface area contributed by atoms with Crippen LogP contribution in [0.3, 0.4) is 0 Å². The second kappa shape index (κ2) is 4.47. The first kappa shape index (κ1) is 12.7. The highest BCUT2D eigenvalue weighted by Gasteiger charge is 2.16. The van der Waals surface area contributed by atoms with Gasteiger partial charge in [0.25, 0.3) is 0 Å². The van der Waals surface area contributed by atoms with Gasteiger partial charge in [0.15, 0.2) is 5.89 Å². The van der Waals surface area contributed by atoms with Crippen LogP contribution in [-0.2, 0) is 0 Å². The number of fused-ring (bicyclic) bond motifs is 3. The number of aryl methyl sites for hydroxylation is 2. The average Bonchev–Trinajstić information content (AvgIpc) is 3.05. The first-order valence-corrected chi connectivity index (χ1v) is 8.08. The summed E-state index contributed by atoms with van der Waals surface area (Å²) in [4.78, 5) is 23.0. The summed E-state index contributed by atoms with van der Waals surface area (Å²) >= 11 is 3.00. The zero-order chi connectivity index (χ0) is 14.6. The number of thiophene rings is 2. The predicted octanol–water partition coefficient (Wildman–Crippen LogP) is 4.14. The fourth-order valence-electron chi connectivity index (χ4n) is 2.42. The Balaban J connectivity index is 2.14. The Morgan fingerprint density at radius 3 is 2.86 bits per heavy atom. The highest BCUT2D eigenvalue weighted by Crippen LogP contribution is 2.35. The molecular weight excluding hydrogens is 304 g/mol. The maximum absolute atomic E-state index is 12.0. The van der Waals surface area contributed by atoms with Crippen molar-refractivity contribution in [3.8, 4) is 10.6 Å². The molecule has 0 aliphatic heterocycles. The summed E-state index contributed by atoms with van der Waals surface area (Å²) in [7, 11) is 0. The van der Waals surface area contributed by atoms with Gasteiger partial charge in [0.1, 0.15) is 15.0 Å². The lowest BCUT2D eigenvalue weighted by Crippen LogP contribution is -1.99. The first-order chi connectivity index (χ1) is 10.1. The minimum atomic E-state index is -0.336. The summed E-state index contributed by atoms with van der Waals surface area (Å²) in [6.45, 7) is 3.71. The van der Waals surface area contributed by atoms with Gasteiger partial charge in [-0.2, -0.15) is 0 Å². The van der Waals surface area contributed by atoms with E-state index in [9.17, 15) is 4.79 Å². The molecule has 6 heteroatoms. The lowest BCUT2D eigenvalue weighted by Gasteiger charge is -2.01. The summed E-state index contributed by atoms with van der Waals surface area (Å²) in [6.07, 6.45) is 0. The molecule has 0 aromatic carbocycles. The number of aromatic nitrogens is 2. The van der Waals surface area contributed by atoms with Crippen LogP contribution < -0.4 is 5.63 Å². The Labute approximate surface area is 127 Å². The van der Waals surface area contributed by atoms with Crippen LogP contribution in [0.5, 0.6) is 0 Å². The highest BCUT2D eigenvalue weighted by molar-refractivity contribution is 7.25. The maximum atomic E-state index is 12.0. The fraction of sp³-hybridized carbons (Fsp3) is 0.133. The monoisotopic (exact) mass is 314 g/mol. The number of rotatable bonds is 1. The van der Waals surface area contributed by atoms with Gasteiger partial charge in [0.05, 0.1) is 10.6 Å². The first-order valence-electron chi connectivity index (χ1n) is 6.39. The molecule has 4 aromatic rings. The lowest BCUT2D eigenvalue weighted by atomic mass is 10.1. The molecule has 0 radical (unpaired) electrons. The van der Waals surface area contributed by atoms with E-state index in [0.717, 1.165) is 26.4 Å². The Bertz CT molecular complexity index is 1030. The molecule has 4 rings (SSSR count). The Morgan fingerprint density at radius 2 is 2.10 bits per heavy atom. The van der Waals surface area contributed by atoms with Gasteiger partial charge in [0, 0.05) is 12.3 Å². The van der Waals surface area contributed by atoms with Crippen LogP contribution in [0.4, 0.5) is 0 Å². The van der Waals surface area contributed by atoms with Crippen molar-refractivity contribution in [1.82, 2.24) is 9.97 Å². The van der Waals surface area contributed by atoms with E-state index in [2.05, 4.69) is 4.98 Å². The third-order valence-electron chi connectivity index (χ3n) is 3.30. The van der Waals surface area contributed by atoms with Gasteiger partial charge >= 0.3 is 5.63 Å². The van der Waals surface area contributed by atoms with Gasteiger partial charge in [-0.05, 0) is 30.0 Å². The molecule has 4 heterocycles. The minimum Gasteiger partial charge on any atom is -0.408 e. The summed E-state index contributed by atoms with van der Waals surface area (Å²) in [6, 6.07) is 6.10. The van der Waals surface area contributed by atoms with Crippen LogP contribution in [0.1, 0.15) is 11.5 Å². The number of pyridine rings is 1. The molecule has 0 N–H and O–H groups in total. The van der Waals surface area contributed by atoms with Crippen LogP contribution in [0.2, 0.25) is 0 Å². The average molecular weight is 314 g/mol. The largest absolute Gasteiger partial charge is 0.408 e. The van der Waals surface area contributed by atoms with E-state index in [4.69, 9.17) is 9.40 Å². The van der Waals surface area contributed by atoms with Crippen molar-refractivity contribution in [3.63, 3.8) is 0 Å². The molecule has 21 heavy (non-hydrogen) atoms. The SMILES string of the molecule is Cc1nc2c(sc3nc(-c4cccs4)cc(C)c32)c(=O)o1.